The van der Waals surface area contributed by atoms with E-state index in [0.717, 1.165) is 32.6 Å². The first-order valence-corrected chi connectivity index (χ1v) is 7.17. The summed E-state index contributed by atoms with van der Waals surface area (Å²) in [7, 11) is 0. The molecule has 0 aliphatic rings. The first-order chi connectivity index (χ1) is 7.81. The van der Waals surface area contributed by atoms with Gasteiger partial charge in [-0.15, -0.1) is 0 Å². The molecule has 0 aromatic carbocycles. The van der Waals surface area contributed by atoms with Gasteiger partial charge in [0.15, 0.2) is 6.10 Å². The number of rotatable bonds is 8. The average molecular weight is 319 g/mol. The second-order valence-electron chi connectivity index (χ2n) is 4.63. The first-order valence-electron chi connectivity index (χ1n) is 6.05. The first kappa shape index (κ1) is 17.2. The van der Waals surface area contributed by atoms with Crippen LogP contribution < -0.4 is 0 Å². The third-order valence-corrected chi connectivity index (χ3v) is 4.13. The van der Waals surface area contributed by atoms with Gasteiger partial charge < -0.3 is 4.74 Å². The molecular weight excluding hydrogens is 297 g/mol. The van der Waals surface area contributed by atoms with E-state index in [0.29, 0.717) is 5.33 Å². The Bertz CT molecular complexity index is 200. The Balaban J connectivity index is 4.43. The van der Waals surface area contributed by atoms with Gasteiger partial charge in [-0.3, -0.25) is 0 Å². The fraction of sp³-hybridized carbons (Fsp3) is 1.00. The molecule has 1 unspecified atom stereocenters. The maximum absolute atomic E-state index is 12.4. The molecule has 17 heavy (non-hydrogen) atoms. The lowest BCUT2D eigenvalue weighted by Crippen LogP contribution is -2.35. The largest absolute Gasteiger partial charge is 0.414 e. The van der Waals surface area contributed by atoms with E-state index >= 15 is 0 Å². The second-order valence-corrected chi connectivity index (χ2v) is 5.19. The highest BCUT2D eigenvalue weighted by Crippen LogP contribution is 2.34. The molecule has 0 aromatic heterocycles. The SMILES string of the molecule is CCCC(CBr)(CCC)COC(C)C(F)(F)F. The number of alkyl halides is 4. The molecule has 5 heteroatoms. The highest BCUT2D eigenvalue weighted by atomic mass is 79.9. The van der Waals surface area contributed by atoms with Crippen LogP contribution in [0.15, 0.2) is 0 Å². The minimum Gasteiger partial charge on any atom is -0.368 e. The van der Waals surface area contributed by atoms with Crippen LogP contribution >= 0.6 is 15.9 Å². The third kappa shape index (κ3) is 6.09. The van der Waals surface area contributed by atoms with Crippen molar-refractivity contribution in [3.05, 3.63) is 0 Å². The minimum absolute atomic E-state index is 0.164. The molecule has 0 saturated carbocycles. The standard InChI is InChI=1S/C12H22BrF3O/c1-4-6-11(8-13,7-5-2)9-17-10(3)12(14,15)16/h10H,4-9H2,1-3H3. The molecule has 0 aliphatic heterocycles. The molecule has 0 saturated heterocycles. The van der Waals surface area contributed by atoms with Crippen molar-refractivity contribution < 1.29 is 17.9 Å². The summed E-state index contributed by atoms with van der Waals surface area (Å²) in [5.74, 6) is 0. The van der Waals surface area contributed by atoms with E-state index in [1.54, 1.807) is 0 Å². The highest BCUT2D eigenvalue weighted by Gasteiger charge is 2.39. The molecule has 1 nitrogen and oxygen atoms in total. The molecule has 0 amide bonds. The lowest BCUT2D eigenvalue weighted by atomic mass is 9.82. The van der Waals surface area contributed by atoms with Crippen molar-refractivity contribution in [2.75, 3.05) is 11.9 Å². The zero-order valence-electron chi connectivity index (χ0n) is 10.7. The number of hydrogen-bond acceptors (Lipinski definition) is 1. The van der Waals surface area contributed by atoms with Crippen molar-refractivity contribution in [2.24, 2.45) is 5.41 Å². The average Bonchev–Trinajstić information content (AvgIpc) is 2.24. The molecule has 104 valence electrons. The molecule has 0 rings (SSSR count). The molecule has 0 fully saturated rings. The van der Waals surface area contributed by atoms with E-state index in [9.17, 15) is 13.2 Å². The van der Waals surface area contributed by atoms with Crippen LogP contribution in [-0.2, 0) is 4.74 Å². The summed E-state index contributed by atoms with van der Waals surface area (Å²) in [5, 5.41) is 0.687. The predicted molar refractivity (Wildman–Crippen MR) is 67.5 cm³/mol. The number of hydrogen-bond donors (Lipinski definition) is 0. The smallest absolute Gasteiger partial charge is 0.368 e. The zero-order chi connectivity index (χ0) is 13.5. The lowest BCUT2D eigenvalue weighted by Gasteiger charge is -2.33. The molecule has 1 atom stereocenters. The van der Waals surface area contributed by atoms with Crippen LogP contribution in [0.4, 0.5) is 13.2 Å². The Morgan fingerprint density at radius 3 is 1.88 bits per heavy atom. The van der Waals surface area contributed by atoms with Crippen molar-refractivity contribution in [2.45, 2.75) is 58.7 Å². The predicted octanol–water partition coefficient (Wildman–Crippen LogP) is 4.94. The van der Waals surface area contributed by atoms with Gasteiger partial charge in [-0.25, -0.2) is 0 Å². The number of halogens is 4. The van der Waals surface area contributed by atoms with Crippen LogP contribution in [-0.4, -0.2) is 24.2 Å². The molecule has 0 aromatic rings. The van der Waals surface area contributed by atoms with E-state index in [2.05, 4.69) is 15.9 Å². The molecule has 0 heterocycles. The van der Waals surface area contributed by atoms with E-state index in [1.807, 2.05) is 13.8 Å². The van der Waals surface area contributed by atoms with Gasteiger partial charge in [0, 0.05) is 10.7 Å². The summed E-state index contributed by atoms with van der Waals surface area (Å²) >= 11 is 3.41. The molecule has 0 spiro atoms. The monoisotopic (exact) mass is 318 g/mol. The zero-order valence-corrected chi connectivity index (χ0v) is 12.3. The summed E-state index contributed by atoms with van der Waals surface area (Å²) in [6, 6.07) is 0. The van der Waals surface area contributed by atoms with Gasteiger partial charge in [-0.2, -0.15) is 13.2 Å². The summed E-state index contributed by atoms with van der Waals surface area (Å²) in [4.78, 5) is 0. The summed E-state index contributed by atoms with van der Waals surface area (Å²) in [5.41, 5.74) is -0.164. The van der Waals surface area contributed by atoms with Crippen LogP contribution in [0.3, 0.4) is 0 Å². The van der Waals surface area contributed by atoms with Gasteiger partial charge in [-0.1, -0.05) is 42.6 Å². The number of ether oxygens (including phenoxy) is 1. The van der Waals surface area contributed by atoms with Crippen LogP contribution in [0.25, 0.3) is 0 Å². The van der Waals surface area contributed by atoms with E-state index < -0.39 is 12.3 Å². The van der Waals surface area contributed by atoms with Gasteiger partial charge >= 0.3 is 6.18 Å². The maximum atomic E-state index is 12.4. The molecule has 0 radical (unpaired) electrons. The fourth-order valence-electron chi connectivity index (χ4n) is 1.90. The summed E-state index contributed by atoms with van der Waals surface area (Å²) in [6.07, 6.45) is -2.27. The normalized spacial score (nSPS) is 15.0. The van der Waals surface area contributed by atoms with Gasteiger partial charge in [0.05, 0.1) is 6.61 Å². The van der Waals surface area contributed by atoms with E-state index in [-0.39, 0.29) is 12.0 Å². The molecule has 0 N–H and O–H groups in total. The fourth-order valence-corrected chi connectivity index (χ4v) is 2.62. The van der Waals surface area contributed by atoms with Crippen LogP contribution in [0.2, 0.25) is 0 Å². The lowest BCUT2D eigenvalue weighted by molar-refractivity contribution is -0.221. The molecular formula is C12H22BrF3O. The Kier molecular flexibility index (Phi) is 7.72. The van der Waals surface area contributed by atoms with Crippen molar-refractivity contribution in [3.63, 3.8) is 0 Å². The van der Waals surface area contributed by atoms with Gasteiger partial charge in [-0.05, 0) is 19.8 Å². The Morgan fingerprint density at radius 2 is 1.59 bits per heavy atom. The van der Waals surface area contributed by atoms with Crippen LogP contribution in [0.1, 0.15) is 46.5 Å². The molecule has 0 bridgehead atoms. The quantitative estimate of drug-likeness (QED) is 0.576. The van der Waals surface area contributed by atoms with Crippen LogP contribution in [0.5, 0.6) is 0 Å². The summed E-state index contributed by atoms with van der Waals surface area (Å²) in [6.45, 7) is 5.32. The highest BCUT2D eigenvalue weighted by molar-refractivity contribution is 9.09. The maximum Gasteiger partial charge on any atom is 0.414 e. The Hall–Kier alpha value is 0.230. The second kappa shape index (κ2) is 7.62. The van der Waals surface area contributed by atoms with Crippen molar-refractivity contribution in [1.29, 1.82) is 0 Å². The van der Waals surface area contributed by atoms with Crippen LogP contribution in [0, 0.1) is 5.41 Å². The van der Waals surface area contributed by atoms with Gasteiger partial charge in [0.1, 0.15) is 0 Å². The van der Waals surface area contributed by atoms with Gasteiger partial charge in [0.2, 0.25) is 0 Å². The minimum atomic E-state index is -4.27. The Labute approximate surface area is 110 Å². The molecule has 0 aliphatic carbocycles. The van der Waals surface area contributed by atoms with E-state index in [1.165, 1.54) is 0 Å². The Morgan fingerprint density at radius 1 is 1.12 bits per heavy atom. The van der Waals surface area contributed by atoms with E-state index in [4.69, 9.17) is 4.74 Å². The topological polar surface area (TPSA) is 9.23 Å². The van der Waals surface area contributed by atoms with Crippen molar-refractivity contribution >= 4 is 15.9 Å². The third-order valence-electron chi connectivity index (χ3n) is 2.94. The summed E-state index contributed by atoms with van der Waals surface area (Å²) < 4.78 is 42.1. The van der Waals surface area contributed by atoms with Crippen molar-refractivity contribution in [3.8, 4) is 0 Å². The van der Waals surface area contributed by atoms with Gasteiger partial charge in [0.25, 0.3) is 0 Å². The van der Waals surface area contributed by atoms with Crippen molar-refractivity contribution in [1.82, 2.24) is 0 Å².